The van der Waals surface area contributed by atoms with E-state index in [9.17, 15) is 22.6 Å². The molecule has 0 bridgehead atoms. The van der Waals surface area contributed by atoms with E-state index < -0.39 is 20.4 Å². The zero-order valence-electron chi connectivity index (χ0n) is 16.0. The molecule has 0 fully saturated rings. The highest BCUT2D eigenvalue weighted by Crippen LogP contribution is 2.28. The Morgan fingerprint density at radius 3 is 2.23 bits per heavy atom. The zero-order valence-corrected chi connectivity index (χ0v) is 16.8. The van der Waals surface area contributed by atoms with E-state index in [0.29, 0.717) is 38.4 Å². The maximum atomic E-state index is 13.4. The standard InChI is InChI=1S/C22H16N2O5S/c1-10-7-15-19(17(8-10)30(27,28)29)22(26)18-11(2)20-13(9-16(18)23-15)21(25)12-5-3-4-6-14(12)24-20/h3-9H,1-2H3,(H,23,26)(H,24,25)(H,27,28,29). The minimum atomic E-state index is -4.61. The van der Waals surface area contributed by atoms with Gasteiger partial charge >= 0.3 is 0 Å². The summed E-state index contributed by atoms with van der Waals surface area (Å²) in [6.07, 6.45) is 0. The van der Waals surface area contributed by atoms with Gasteiger partial charge < -0.3 is 9.97 Å². The lowest BCUT2D eigenvalue weighted by atomic mass is 10.00. The normalized spacial score (nSPS) is 12.4. The Labute approximate surface area is 169 Å². The Kier molecular flexibility index (Phi) is 3.71. The van der Waals surface area contributed by atoms with Crippen molar-refractivity contribution in [2.24, 2.45) is 0 Å². The number of pyridine rings is 2. The van der Waals surface area contributed by atoms with Gasteiger partial charge in [0.1, 0.15) is 4.90 Å². The molecule has 7 nitrogen and oxygen atoms in total. The Morgan fingerprint density at radius 1 is 0.800 bits per heavy atom. The van der Waals surface area contributed by atoms with Crippen molar-refractivity contribution in [1.29, 1.82) is 0 Å². The molecule has 150 valence electrons. The van der Waals surface area contributed by atoms with E-state index in [1.165, 1.54) is 6.07 Å². The molecule has 3 aromatic carbocycles. The minimum absolute atomic E-state index is 0.110. The fraction of sp³-hybridized carbons (Fsp3) is 0.0909. The molecule has 8 heteroatoms. The van der Waals surface area contributed by atoms with Crippen LogP contribution >= 0.6 is 0 Å². The van der Waals surface area contributed by atoms with Crippen LogP contribution in [0.3, 0.4) is 0 Å². The first-order chi connectivity index (χ1) is 14.2. The Morgan fingerprint density at radius 2 is 1.50 bits per heavy atom. The van der Waals surface area contributed by atoms with Gasteiger partial charge in [0.15, 0.2) is 10.9 Å². The van der Waals surface area contributed by atoms with Crippen LogP contribution in [0.2, 0.25) is 0 Å². The summed E-state index contributed by atoms with van der Waals surface area (Å²) < 4.78 is 33.5. The average molecular weight is 420 g/mol. The lowest BCUT2D eigenvalue weighted by Crippen LogP contribution is -2.13. The predicted octanol–water partition coefficient (Wildman–Crippen LogP) is 3.54. The number of hydrogen-bond acceptors (Lipinski definition) is 4. The second-order valence-corrected chi connectivity index (χ2v) is 8.85. The van der Waals surface area contributed by atoms with E-state index in [2.05, 4.69) is 9.97 Å². The number of H-pyrrole nitrogens is 2. The maximum Gasteiger partial charge on any atom is 0.295 e. The van der Waals surface area contributed by atoms with Gasteiger partial charge in [0.05, 0.1) is 27.3 Å². The highest BCUT2D eigenvalue weighted by molar-refractivity contribution is 7.86. The minimum Gasteiger partial charge on any atom is -0.354 e. The van der Waals surface area contributed by atoms with E-state index in [-0.39, 0.29) is 21.7 Å². The molecule has 0 radical (unpaired) electrons. The Balaban J connectivity index is 2.08. The molecule has 30 heavy (non-hydrogen) atoms. The number of para-hydroxylation sites is 1. The highest BCUT2D eigenvalue weighted by Gasteiger charge is 2.21. The molecule has 0 spiro atoms. The van der Waals surface area contributed by atoms with Crippen LogP contribution in [0, 0.1) is 13.8 Å². The number of aromatic amines is 2. The molecule has 0 unspecified atom stereocenters. The second-order valence-electron chi connectivity index (χ2n) is 7.46. The molecule has 3 N–H and O–H groups in total. The van der Waals surface area contributed by atoms with Crippen molar-refractivity contribution in [3.63, 3.8) is 0 Å². The summed E-state index contributed by atoms with van der Waals surface area (Å²) in [6.45, 7) is 3.37. The molecule has 0 amide bonds. The highest BCUT2D eigenvalue weighted by atomic mass is 32.2. The lowest BCUT2D eigenvalue weighted by molar-refractivity contribution is 0.484. The van der Waals surface area contributed by atoms with E-state index in [4.69, 9.17) is 0 Å². The third-order valence-corrected chi connectivity index (χ3v) is 6.38. The van der Waals surface area contributed by atoms with Crippen LogP contribution in [0.4, 0.5) is 0 Å². The summed E-state index contributed by atoms with van der Waals surface area (Å²) in [7, 11) is -4.61. The number of hydrogen-bond donors (Lipinski definition) is 3. The fourth-order valence-electron chi connectivity index (χ4n) is 4.18. The van der Waals surface area contributed by atoms with Gasteiger partial charge in [0.2, 0.25) is 0 Å². The molecule has 5 rings (SSSR count). The fourth-order valence-corrected chi connectivity index (χ4v) is 4.97. The van der Waals surface area contributed by atoms with Crippen molar-refractivity contribution in [1.82, 2.24) is 9.97 Å². The summed E-state index contributed by atoms with van der Waals surface area (Å²) in [6, 6.07) is 11.6. The van der Waals surface area contributed by atoms with Crippen molar-refractivity contribution in [3.8, 4) is 0 Å². The van der Waals surface area contributed by atoms with Crippen LogP contribution in [-0.2, 0) is 10.1 Å². The number of nitrogens with one attached hydrogen (secondary N) is 2. The van der Waals surface area contributed by atoms with E-state index in [1.54, 1.807) is 44.2 Å². The summed E-state index contributed by atoms with van der Waals surface area (Å²) in [4.78, 5) is 32.3. The quantitative estimate of drug-likeness (QED) is 0.283. The van der Waals surface area contributed by atoms with Gasteiger partial charge in [-0.15, -0.1) is 0 Å². The second kappa shape index (κ2) is 6.01. The van der Waals surface area contributed by atoms with Crippen LogP contribution in [0.15, 0.2) is 56.9 Å². The summed E-state index contributed by atoms with van der Waals surface area (Å²) in [5, 5.41) is 1.11. The zero-order chi connectivity index (χ0) is 21.4. The third kappa shape index (κ3) is 2.51. The van der Waals surface area contributed by atoms with Crippen LogP contribution < -0.4 is 10.9 Å². The van der Waals surface area contributed by atoms with Gasteiger partial charge in [0.25, 0.3) is 10.1 Å². The largest absolute Gasteiger partial charge is 0.354 e. The molecular weight excluding hydrogens is 404 g/mol. The maximum absolute atomic E-state index is 13.4. The van der Waals surface area contributed by atoms with Crippen molar-refractivity contribution in [2.45, 2.75) is 18.7 Å². The summed E-state index contributed by atoms with van der Waals surface area (Å²) in [5.74, 6) is 0. The van der Waals surface area contributed by atoms with Crippen LogP contribution in [0.1, 0.15) is 11.1 Å². The lowest BCUT2D eigenvalue weighted by Gasteiger charge is -2.12. The van der Waals surface area contributed by atoms with Crippen LogP contribution in [0.5, 0.6) is 0 Å². The van der Waals surface area contributed by atoms with Gasteiger partial charge in [-0.2, -0.15) is 8.42 Å². The molecule has 2 heterocycles. The summed E-state index contributed by atoms with van der Waals surface area (Å²) in [5.41, 5.74) is 2.25. The molecule has 0 atom stereocenters. The third-order valence-electron chi connectivity index (χ3n) is 5.50. The van der Waals surface area contributed by atoms with Crippen molar-refractivity contribution in [3.05, 3.63) is 74.0 Å². The molecule has 0 aliphatic heterocycles. The first kappa shape index (κ1) is 18.5. The average Bonchev–Trinajstić information content (AvgIpc) is 2.67. The van der Waals surface area contributed by atoms with E-state index >= 15 is 0 Å². The Hall–Kier alpha value is -3.49. The van der Waals surface area contributed by atoms with Crippen molar-refractivity contribution >= 4 is 53.7 Å². The van der Waals surface area contributed by atoms with E-state index in [0.717, 1.165) is 0 Å². The monoisotopic (exact) mass is 420 g/mol. The first-order valence-corrected chi connectivity index (χ1v) is 10.6. The number of benzene rings is 3. The molecular formula is C22H16N2O5S. The van der Waals surface area contributed by atoms with E-state index in [1.807, 2.05) is 6.07 Å². The molecule has 0 saturated heterocycles. The molecule has 5 aromatic rings. The molecule has 0 saturated carbocycles. The van der Waals surface area contributed by atoms with Crippen molar-refractivity contribution in [2.75, 3.05) is 0 Å². The molecule has 0 aliphatic carbocycles. The molecule has 2 aromatic heterocycles. The number of aromatic nitrogens is 2. The van der Waals surface area contributed by atoms with Gasteiger partial charge in [-0.05, 0) is 55.3 Å². The number of aryl methyl sites for hydroxylation is 2. The topological polar surface area (TPSA) is 120 Å². The van der Waals surface area contributed by atoms with Crippen LogP contribution in [-0.4, -0.2) is 22.9 Å². The Bertz CT molecular complexity index is 1780. The van der Waals surface area contributed by atoms with Gasteiger partial charge in [-0.25, -0.2) is 0 Å². The molecule has 0 aliphatic rings. The first-order valence-electron chi connectivity index (χ1n) is 9.19. The van der Waals surface area contributed by atoms with Gasteiger partial charge in [-0.3, -0.25) is 14.1 Å². The predicted molar refractivity (Wildman–Crippen MR) is 117 cm³/mol. The number of rotatable bonds is 1. The van der Waals surface area contributed by atoms with Gasteiger partial charge in [-0.1, -0.05) is 12.1 Å². The smallest absolute Gasteiger partial charge is 0.295 e. The summed E-state index contributed by atoms with van der Waals surface area (Å²) >= 11 is 0. The van der Waals surface area contributed by atoms with Gasteiger partial charge in [0, 0.05) is 16.3 Å². The van der Waals surface area contributed by atoms with Crippen LogP contribution in [0.25, 0.3) is 43.6 Å². The van der Waals surface area contributed by atoms with Crippen molar-refractivity contribution < 1.29 is 13.0 Å². The SMILES string of the molecule is Cc1cc(S(=O)(=O)O)c2c(=O)c3c(C)c4[nH]c5ccccc5c(=O)c4cc3[nH]c2c1. The number of fused-ring (bicyclic) bond motifs is 4.